The van der Waals surface area contributed by atoms with Crippen molar-refractivity contribution in [2.24, 2.45) is 0 Å². The molecule has 2 aromatic rings. The molecule has 108 valence electrons. The molecule has 0 amide bonds. The Morgan fingerprint density at radius 2 is 2.40 bits per heavy atom. The van der Waals surface area contributed by atoms with Gasteiger partial charge in [-0.1, -0.05) is 5.21 Å². The highest BCUT2D eigenvalue weighted by Gasteiger charge is 2.30. The summed E-state index contributed by atoms with van der Waals surface area (Å²) < 4.78 is 7.38. The van der Waals surface area contributed by atoms with Crippen LogP contribution in [0, 0.1) is 0 Å². The number of aromatic nitrogens is 4. The van der Waals surface area contributed by atoms with Crippen molar-refractivity contribution in [3.8, 4) is 0 Å². The molecule has 0 bridgehead atoms. The van der Waals surface area contributed by atoms with Gasteiger partial charge in [-0.2, -0.15) is 0 Å². The third-order valence-electron chi connectivity index (χ3n) is 3.60. The van der Waals surface area contributed by atoms with Crippen LogP contribution in [0.3, 0.4) is 0 Å². The van der Waals surface area contributed by atoms with Gasteiger partial charge in [0.05, 0.1) is 18.8 Å². The van der Waals surface area contributed by atoms with Gasteiger partial charge in [0.1, 0.15) is 10.7 Å². The number of hydrogen-bond acceptors (Lipinski definition) is 6. The number of thiazole rings is 1. The summed E-state index contributed by atoms with van der Waals surface area (Å²) in [5, 5.41) is 11.8. The van der Waals surface area contributed by atoms with Gasteiger partial charge in [0.25, 0.3) is 0 Å². The molecule has 1 unspecified atom stereocenters. The number of fused-ring (bicyclic) bond motifs is 1. The lowest BCUT2D eigenvalue weighted by atomic mass is 9.99. The van der Waals surface area contributed by atoms with E-state index in [1.54, 1.807) is 18.4 Å². The first-order chi connectivity index (χ1) is 9.81. The van der Waals surface area contributed by atoms with Crippen LogP contribution >= 0.6 is 11.3 Å². The zero-order valence-electron chi connectivity index (χ0n) is 11.8. The van der Waals surface area contributed by atoms with Gasteiger partial charge in [-0.15, -0.1) is 16.4 Å². The van der Waals surface area contributed by atoms with Crippen molar-refractivity contribution in [1.29, 1.82) is 0 Å². The Morgan fingerprint density at radius 1 is 1.50 bits per heavy atom. The molecule has 1 aliphatic heterocycles. The molecule has 6 nitrogen and oxygen atoms in total. The van der Waals surface area contributed by atoms with Crippen LogP contribution in [0.2, 0.25) is 0 Å². The Hall–Kier alpha value is -1.31. The largest absolute Gasteiger partial charge is 0.384 e. The summed E-state index contributed by atoms with van der Waals surface area (Å²) >= 11 is 1.70. The summed E-state index contributed by atoms with van der Waals surface area (Å²) in [5.41, 5.74) is 2.32. The van der Waals surface area contributed by atoms with E-state index in [0.29, 0.717) is 12.5 Å². The fraction of sp³-hybridized carbons (Fsp3) is 0.615. The Labute approximate surface area is 122 Å². The number of methoxy groups -OCH3 is 1. The molecule has 0 saturated carbocycles. The molecule has 0 N–H and O–H groups in total. The van der Waals surface area contributed by atoms with Gasteiger partial charge in [0.15, 0.2) is 0 Å². The molecular formula is C13H19N5OS. The average Bonchev–Trinajstić information content (AvgIpc) is 3.08. The van der Waals surface area contributed by atoms with E-state index in [-0.39, 0.29) is 0 Å². The molecule has 0 spiro atoms. The fourth-order valence-corrected chi connectivity index (χ4v) is 3.46. The van der Waals surface area contributed by atoms with E-state index in [2.05, 4.69) is 27.1 Å². The number of rotatable bonds is 5. The number of nitrogens with zero attached hydrogens (tertiary/aromatic N) is 5. The van der Waals surface area contributed by atoms with Crippen molar-refractivity contribution in [3.05, 3.63) is 28.0 Å². The Bertz CT molecular complexity index is 553. The first-order valence-electron chi connectivity index (χ1n) is 6.83. The second kappa shape index (κ2) is 5.99. The van der Waals surface area contributed by atoms with Gasteiger partial charge in [-0.25, -0.2) is 9.67 Å². The smallest absolute Gasteiger partial charge is 0.107 e. The third-order valence-corrected chi connectivity index (χ3v) is 4.36. The lowest BCUT2D eigenvalue weighted by Gasteiger charge is -2.31. The predicted octanol–water partition coefficient (Wildman–Crippen LogP) is 1.50. The van der Waals surface area contributed by atoms with E-state index in [9.17, 15) is 0 Å². The van der Waals surface area contributed by atoms with Crippen LogP contribution in [-0.2, 0) is 24.4 Å². The van der Waals surface area contributed by atoms with Crippen molar-refractivity contribution in [3.63, 3.8) is 0 Å². The molecule has 0 radical (unpaired) electrons. The molecule has 1 atom stereocenters. The maximum atomic E-state index is 5.38. The zero-order chi connectivity index (χ0) is 13.9. The molecule has 2 aromatic heterocycles. The summed E-state index contributed by atoms with van der Waals surface area (Å²) in [7, 11) is 1.75. The van der Waals surface area contributed by atoms with Gasteiger partial charge in [-0.3, -0.25) is 4.90 Å². The first-order valence-corrected chi connectivity index (χ1v) is 7.71. The Balaban J connectivity index is 1.81. The molecule has 20 heavy (non-hydrogen) atoms. The average molecular weight is 293 g/mol. The normalized spacial score (nSPS) is 19.2. The quantitative estimate of drug-likeness (QED) is 0.836. The topological polar surface area (TPSA) is 56.1 Å². The van der Waals surface area contributed by atoms with Gasteiger partial charge in [0, 0.05) is 44.2 Å². The fourth-order valence-electron chi connectivity index (χ4n) is 2.80. The number of hydrogen-bond donors (Lipinski definition) is 0. The highest BCUT2D eigenvalue weighted by Crippen LogP contribution is 2.28. The Morgan fingerprint density at radius 3 is 3.10 bits per heavy atom. The van der Waals surface area contributed by atoms with Crippen molar-refractivity contribution < 1.29 is 4.74 Å². The molecule has 1 aliphatic rings. The Kier molecular flexibility index (Phi) is 4.09. The summed E-state index contributed by atoms with van der Waals surface area (Å²) in [6.45, 7) is 6.34. The van der Waals surface area contributed by atoms with Crippen LogP contribution in [0.1, 0.15) is 29.2 Å². The summed E-state index contributed by atoms with van der Waals surface area (Å²) in [4.78, 5) is 6.74. The molecule has 0 saturated heterocycles. The van der Waals surface area contributed by atoms with Crippen LogP contribution < -0.4 is 0 Å². The lowest BCUT2D eigenvalue weighted by molar-refractivity contribution is 0.131. The minimum absolute atomic E-state index is 0.332. The van der Waals surface area contributed by atoms with Crippen LogP contribution in [0.15, 0.2) is 11.6 Å². The van der Waals surface area contributed by atoms with E-state index < -0.39 is 0 Å². The minimum atomic E-state index is 0.332. The maximum Gasteiger partial charge on any atom is 0.107 e. The molecular weight excluding hydrogens is 274 g/mol. The van der Waals surface area contributed by atoms with Gasteiger partial charge >= 0.3 is 0 Å². The first kappa shape index (κ1) is 13.7. The monoisotopic (exact) mass is 293 g/mol. The molecule has 0 aliphatic carbocycles. The summed E-state index contributed by atoms with van der Waals surface area (Å²) in [5.74, 6) is 0.332. The van der Waals surface area contributed by atoms with Crippen LogP contribution in [-0.4, -0.2) is 45.1 Å². The molecule has 3 rings (SSSR count). The van der Waals surface area contributed by atoms with Crippen molar-refractivity contribution in [1.82, 2.24) is 24.9 Å². The third kappa shape index (κ3) is 2.61. The molecule has 3 heterocycles. The van der Waals surface area contributed by atoms with E-state index in [1.807, 2.05) is 16.3 Å². The summed E-state index contributed by atoms with van der Waals surface area (Å²) in [6.07, 6.45) is 1.86. The molecule has 7 heteroatoms. The standard InChI is InChI=1S/C13H19N5OS/c1-3-18-13-10(9-19-2)6-17(7-11(13)15-16-18)8-12-14-4-5-20-12/h4-5,10H,3,6-9H2,1-2H3. The van der Waals surface area contributed by atoms with E-state index >= 15 is 0 Å². The van der Waals surface area contributed by atoms with Crippen molar-refractivity contribution in [2.75, 3.05) is 20.3 Å². The van der Waals surface area contributed by atoms with Crippen molar-refractivity contribution in [2.45, 2.75) is 32.5 Å². The van der Waals surface area contributed by atoms with E-state index in [1.165, 1.54) is 5.69 Å². The second-order valence-electron chi connectivity index (χ2n) is 4.98. The predicted molar refractivity (Wildman–Crippen MR) is 76.5 cm³/mol. The molecule has 0 fully saturated rings. The minimum Gasteiger partial charge on any atom is -0.384 e. The van der Waals surface area contributed by atoms with Gasteiger partial charge < -0.3 is 4.74 Å². The summed E-state index contributed by atoms with van der Waals surface area (Å²) in [6, 6.07) is 0. The highest BCUT2D eigenvalue weighted by atomic mass is 32.1. The lowest BCUT2D eigenvalue weighted by Crippen LogP contribution is -2.36. The van der Waals surface area contributed by atoms with Crippen LogP contribution in [0.25, 0.3) is 0 Å². The van der Waals surface area contributed by atoms with E-state index in [4.69, 9.17) is 4.74 Å². The maximum absolute atomic E-state index is 5.38. The molecule has 0 aromatic carbocycles. The number of ether oxygens (including phenoxy) is 1. The number of aryl methyl sites for hydroxylation is 1. The SMILES string of the molecule is CCn1nnc2c1C(COC)CN(Cc1nccs1)C2. The van der Waals surface area contributed by atoms with Gasteiger partial charge in [0.2, 0.25) is 0 Å². The van der Waals surface area contributed by atoms with Crippen LogP contribution in [0.4, 0.5) is 0 Å². The van der Waals surface area contributed by atoms with Gasteiger partial charge in [-0.05, 0) is 6.92 Å². The van der Waals surface area contributed by atoms with E-state index in [0.717, 1.165) is 36.9 Å². The van der Waals surface area contributed by atoms with Crippen LogP contribution in [0.5, 0.6) is 0 Å². The zero-order valence-corrected chi connectivity index (χ0v) is 12.6. The second-order valence-corrected chi connectivity index (χ2v) is 5.96. The highest BCUT2D eigenvalue weighted by molar-refractivity contribution is 7.09. The van der Waals surface area contributed by atoms with Crippen molar-refractivity contribution >= 4 is 11.3 Å².